The van der Waals surface area contributed by atoms with Crippen molar-refractivity contribution in [3.05, 3.63) is 57.3 Å². The van der Waals surface area contributed by atoms with E-state index in [-0.39, 0.29) is 0 Å². The number of benzene rings is 1. The molecule has 0 fully saturated rings. The lowest BCUT2D eigenvalue weighted by Crippen LogP contribution is -2.38. The van der Waals surface area contributed by atoms with Crippen molar-refractivity contribution in [2.75, 3.05) is 0 Å². The van der Waals surface area contributed by atoms with E-state index >= 15 is 0 Å². The van der Waals surface area contributed by atoms with Gasteiger partial charge < -0.3 is 0 Å². The first kappa shape index (κ1) is 13.3. The minimum atomic E-state index is 0.292. The van der Waals surface area contributed by atoms with Crippen molar-refractivity contribution in [3.63, 3.8) is 0 Å². The van der Waals surface area contributed by atoms with Crippen LogP contribution in [0.2, 0.25) is 0 Å². The third-order valence-electron chi connectivity index (χ3n) is 3.06. The van der Waals surface area contributed by atoms with Crippen molar-refractivity contribution in [1.29, 1.82) is 0 Å². The monoisotopic (exact) mass is 260 g/mol. The Kier molecular flexibility index (Phi) is 4.53. The molecular formula is C15H20N2S. The van der Waals surface area contributed by atoms with Gasteiger partial charge in [0.2, 0.25) is 0 Å². The number of hydrogen-bond donors (Lipinski definition) is 2. The van der Waals surface area contributed by atoms with Crippen molar-refractivity contribution in [3.8, 4) is 0 Å². The van der Waals surface area contributed by atoms with Gasteiger partial charge in [-0.2, -0.15) is 11.3 Å². The largest absolute Gasteiger partial charge is 0.271 e. The summed E-state index contributed by atoms with van der Waals surface area (Å²) >= 11 is 1.73. The van der Waals surface area contributed by atoms with Gasteiger partial charge in [-0.3, -0.25) is 11.3 Å². The molecular weight excluding hydrogens is 240 g/mol. The standard InChI is InChI=1S/C15H20N2S/c1-11-5-12(2)7-14(6-11)9-15(17-16)8-13-3-4-18-10-13/h3-7,10,15,17H,8-9,16H2,1-2H3. The molecule has 0 amide bonds. The maximum Gasteiger partial charge on any atom is 0.0291 e. The molecule has 0 aliphatic carbocycles. The molecule has 2 nitrogen and oxygen atoms in total. The lowest BCUT2D eigenvalue weighted by Gasteiger charge is -2.16. The Bertz CT molecular complexity index is 471. The highest BCUT2D eigenvalue weighted by atomic mass is 32.1. The van der Waals surface area contributed by atoms with Crippen LogP contribution in [0.5, 0.6) is 0 Å². The van der Waals surface area contributed by atoms with Crippen LogP contribution in [0.15, 0.2) is 35.0 Å². The SMILES string of the molecule is Cc1cc(C)cc(CC(Cc2ccsc2)NN)c1. The van der Waals surface area contributed by atoms with Crippen LogP contribution in [-0.4, -0.2) is 6.04 Å². The van der Waals surface area contributed by atoms with E-state index in [1.54, 1.807) is 11.3 Å². The van der Waals surface area contributed by atoms with Gasteiger partial charge in [-0.25, -0.2) is 0 Å². The molecule has 0 aliphatic heterocycles. The number of aryl methyl sites for hydroxylation is 2. The molecule has 0 aliphatic rings. The highest BCUT2D eigenvalue weighted by Gasteiger charge is 2.09. The zero-order valence-corrected chi connectivity index (χ0v) is 11.8. The second-order valence-electron chi connectivity index (χ2n) is 4.90. The summed E-state index contributed by atoms with van der Waals surface area (Å²) in [5, 5.41) is 4.30. The van der Waals surface area contributed by atoms with Crippen LogP contribution in [0.25, 0.3) is 0 Å². The van der Waals surface area contributed by atoms with E-state index in [2.05, 4.69) is 54.3 Å². The second-order valence-corrected chi connectivity index (χ2v) is 5.68. The highest BCUT2D eigenvalue weighted by Crippen LogP contribution is 2.14. The van der Waals surface area contributed by atoms with Crippen molar-refractivity contribution in [1.82, 2.24) is 5.43 Å². The Hall–Kier alpha value is -1.16. The Morgan fingerprint density at radius 3 is 2.33 bits per heavy atom. The Morgan fingerprint density at radius 2 is 1.78 bits per heavy atom. The van der Waals surface area contributed by atoms with Crippen LogP contribution in [0.1, 0.15) is 22.3 Å². The number of nitrogens with one attached hydrogen (secondary N) is 1. The van der Waals surface area contributed by atoms with E-state index in [0.29, 0.717) is 6.04 Å². The third-order valence-corrected chi connectivity index (χ3v) is 3.79. The van der Waals surface area contributed by atoms with Gasteiger partial charge in [-0.1, -0.05) is 29.3 Å². The molecule has 1 unspecified atom stereocenters. The summed E-state index contributed by atoms with van der Waals surface area (Å²) in [6.45, 7) is 4.28. The first-order valence-electron chi connectivity index (χ1n) is 6.22. The highest BCUT2D eigenvalue weighted by molar-refractivity contribution is 7.07. The number of hydrazine groups is 1. The van der Waals surface area contributed by atoms with Crippen LogP contribution in [0.4, 0.5) is 0 Å². The van der Waals surface area contributed by atoms with Gasteiger partial charge in [-0.05, 0) is 54.6 Å². The summed E-state index contributed by atoms with van der Waals surface area (Å²) < 4.78 is 0. The van der Waals surface area contributed by atoms with Crippen molar-refractivity contribution in [2.45, 2.75) is 32.7 Å². The summed E-state index contributed by atoms with van der Waals surface area (Å²) in [5.41, 5.74) is 8.27. The zero-order valence-electron chi connectivity index (χ0n) is 10.9. The molecule has 96 valence electrons. The van der Waals surface area contributed by atoms with E-state index in [1.807, 2.05) is 0 Å². The Balaban J connectivity index is 2.05. The van der Waals surface area contributed by atoms with Gasteiger partial charge in [0.15, 0.2) is 0 Å². The molecule has 2 rings (SSSR count). The van der Waals surface area contributed by atoms with E-state index in [0.717, 1.165) is 12.8 Å². The Morgan fingerprint density at radius 1 is 1.11 bits per heavy atom. The molecule has 0 saturated heterocycles. The molecule has 0 spiro atoms. The first-order chi connectivity index (χ1) is 8.67. The number of rotatable bonds is 5. The molecule has 0 bridgehead atoms. The van der Waals surface area contributed by atoms with Gasteiger partial charge in [0.1, 0.15) is 0 Å². The normalized spacial score (nSPS) is 12.6. The fourth-order valence-corrected chi connectivity index (χ4v) is 3.04. The van der Waals surface area contributed by atoms with Crippen molar-refractivity contribution < 1.29 is 0 Å². The van der Waals surface area contributed by atoms with Crippen LogP contribution < -0.4 is 11.3 Å². The van der Waals surface area contributed by atoms with Gasteiger partial charge in [0.05, 0.1) is 0 Å². The summed E-state index contributed by atoms with van der Waals surface area (Å²) in [6.07, 6.45) is 1.95. The zero-order chi connectivity index (χ0) is 13.0. The van der Waals surface area contributed by atoms with Gasteiger partial charge in [0, 0.05) is 6.04 Å². The van der Waals surface area contributed by atoms with E-state index in [4.69, 9.17) is 5.84 Å². The number of hydrogen-bond acceptors (Lipinski definition) is 3. The number of nitrogens with two attached hydrogens (primary N) is 1. The molecule has 1 aromatic heterocycles. The molecule has 1 heterocycles. The topological polar surface area (TPSA) is 38.0 Å². The summed E-state index contributed by atoms with van der Waals surface area (Å²) in [5.74, 6) is 5.67. The van der Waals surface area contributed by atoms with Crippen molar-refractivity contribution in [2.24, 2.45) is 5.84 Å². The number of thiophene rings is 1. The average molecular weight is 260 g/mol. The van der Waals surface area contributed by atoms with Gasteiger partial charge in [0.25, 0.3) is 0 Å². The first-order valence-corrected chi connectivity index (χ1v) is 7.16. The van der Waals surface area contributed by atoms with Gasteiger partial charge in [-0.15, -0.1) is 0 Å². The van der Waals surface area contributed by atoms with Crippen molar-refractivity contribution >= 4 is 11.3 Å². The van der Waals surface area contributed by atoms with E-state index in [9.17, 15) is 0 Å². The summed E-state index contributed by atoms with van der Waals surface area (Å²) in [6, 6.07) is 9.14. The van der Waals surface area contributed by atoms with E-state index in [1.165, 1.54) is 22.3 Å². The molecule has 1 aromatic carbocycles. The maximum absolute atomic E-state index is 5.67. The minimum Gasteiger partial charge on any atom is -0.271 e. The third kappa shape index (κ3) is 3.67. The Labute approximate surface area is 113 Å². The molecule has 3 N–H and O–H groups in total. The molecule has 3 heteroatoms. The maximum atomic E-state index is 5.67. The predicted octanol–water partition coefficient (Wildman–Crippen LogP) is 2.98. The van der Waals surface area contributed by atoms with Crippen LogP contribution in [0.3, 0.4) is 0 Å². The smallest absolute Gasteiger partial charge is 0.0291 e. The fraction of sp³-hybridized carbons (Fsp3) is 0.333. The van der Waals surface area contributed by atoms with Gasteiger partial charge >= 0.3 is 0 Å². The molecule has 2 aromatic rings. The minimum absolute atomic E-state index is 0.292. The second kappa shape index (κ2) is 6.14. The lowest BCUT2D eigenvalue weighted by atomic mass is 9.98. The molecule has 18 heavy (non-hydrogen) atoms. The summed E-state index contributed by atoms with van der Waals surface area (Å²) in [4.78, 5) is 0. The van der Waals surface area contributed by atoms with Crippen LogP contribution in [-0.2, 0) is 12.8 Å². The molecule has 0 radical (unpaired) electrons. The molecule has 1 atom stereocenters. The lowest BCUT2D eigenvalue weighted by molar-refractivity contribution is 0.523. The van der Waals surface area contributed by atoms with Crippen LogP contribution in [0, 0.1) is 13.8 Å². The molecule has 0 saturated carbocycles. The fourth-order valence-electron chi connectivity index (χ4n) is 2.35. The average Bonchev–Trinajstić information content (AvgIpc) is 2.79. The van der Waals surface area contributed by atoms with E-state index < -0.39 is 0 Å². The quantitative estimate of drug-likeness (QED) is 0.640. The van der Waals surface area contributed by atoms with Crippen LogP contribution >= 0.6 is 11.3 Å². The predicted molar refractivity (Wildman–Crippen MR) is 78.8 cm³/mol. The summed E-state index contributed by atoms with van der Waals surface area (Å²) in [7, 11) is 0.